The van der Waals surface area contributed by atoms with Gasteiger partial charge >= 0.3 is 0 Å². The van der Waals surface area contributed by atoms with E-state index >= 15 is 0 Å². The third kappa shape index (κ3) is 2.14. The number of rotatable bonds is 3. The molecule has 0 spiro atoms. The van der Waals surface area contributed by atoms with E-state index in [4.69, 9.17) is 4.74 Å². The number of imide groups is 1. The van der Waals surface area contributed by atoms with Gasteiger partial charge in [0.2, 0.25) is 11.8 Å². The first kappa shape index (κ1) is 13.3. The summed E-state index contributed by atoms with van der Waals surface area (Å²) in [4.78, 5) is 26.4. The first-order valence-electron chi connectivity index (χ1n) is 7.18. The van der Waals surface area contributed by atoms with E-state index in [0.29, 0.717) is 12.3 Å². The number of fused-ring (bicyclic) bond motifs is 1. The van der Waals surface area contributed by atoms with E-state index in [-0.39, 0.29) is 23.7 Å². The number of hydrogen-bond acceptors (Lipinski definition) is 3. The van der Waals surface area contributed by atoms with Crippen molar-refractivity contribution in [2.24, 2.45) is 11.8 Å². The van der Waals surface area contributed by atoms with Crippen LogP contribution in [0.4, 0.5) is 5.69 Å². The van der Waals surface area contributed by atoms with Crippen molar-refractivity contribution >= 4 is 17.5 Å². The van der Waals surface area contributed by atoms with E-state index in [0.717, 1.165) is 31.2 Å². The second-order valence-corrected chi connectivity index (χ2v) is 5.61. The van der Waals surface area contributed by atoms with Crippen LogP contribution in [0.5, 0.6) is 0 Å². The van der Waals surface area contributed by atoms with Crippen molar-refractivity contribution in [1.29, 1.82) is 0 Å². The third-order valence-electron chi connectivity index (χ3n) is 4.32. The molecule has 2 amide bonds. The summed E-state index contributed by atoms with van der Waals surface area (Å²) < 4.78 is 5.11. The second-order valence-electron chi connectivity index (χ2n) is 5.61. The Bertz CT molecular complexity index is 516. The molecule has 2 aliphatic rings. The Balaban J connectivity index is 1.91. The number of ether oxygens (including phenoxy) is 1. The first-order chi connectivity index (χ1) is 9.72. The molecule has 3 rings (SSSR count). The molecule has 2 fully saturated rings. The van der Waals surface area contributed by atoms with Gasteiger partial charge in [0.15, 0.2) is 0 Å². The van der Waals surface area contributed by atoms with E-state index in [1.54, 1.807) is 7.11 Å². The molecule has 1 aromatic rings. The first-order valence-corrected chi connectivity index (χ1v) is 7.18. The Hall–Kier alpha value is -1.68. The number of hydrogen-bond donors (Lipinski definition) is 0. The molecular weight excluding hydrogens is 254 g/mol. The van der Waals surface area contributed by atoms with Crippen molar-refractivity contribution in [2.75, 3.05) is 12.0 Å². The van der Waals surface area contributed by atoms with Gasteiger partial charge in [-0.05, 0) is 30.5 Å². The van der Waals surface area contributed by atoms with Crippen molar-refractivity contribution in [3.05, 3.63) is 29.8 Å². The molecular formula is C16H19NO3. The summed E-state index contributed by atoms with van der Waals surface area (Å²) in [7, 11) is 1.63. The molecule has 4 heteroatoms. The van der Waals surface area contributed by atoms with Crippen LogP contribution in [0.3, 0.4) is 0 Å². The number of methoxy groups -OCH3 is 1. The van der Waals surface area contributed by atoms with Gasteiger partial charge in [0.05, 0.1) is 24.1 Å². The van der Waals surface area contributed by atoms with Crippen LogP contribution in [0.25, 0.3) is 0 Å². The summed E-state index contributed by atoms with van der Waals surface area (Å²) in [6, 6.07) is 7.50. The van der Waals surface area contributed by atoms with Crippen LogP contribution in [0.15, 0.2) is 24.3 Å². The Morgan fingerprint density at radius 2 is 1.80 bits per heavy atom. The number of carbonyl (C=O) groups excluding carboxylic acids is 2. The van der Waals surface area contributed by atoms with Gasteiger partial charge in [-0.25, -0.2) is 0 Å². The summed E-state index contributed by atoms with van der Waals surface area (Å²) in [5.41, 5.74) is 1.66. The Labute approximate surface area is 118 Å². The molecule has 1 heterocycles. The number of nitrogens with zero attached hydrogens (tertiary/aromatic N) is 1. The maximum Gasteiger partial charge on any atom is 0.237 e. The smallest absolute Gasteiger partial charge is 0.237 e. The lowest BCUT2D eigenvalue weighted by atomic mass is 9.81. The molecule has 4 nitrogen and oxygen atoms in total. The van der Waals surface area contributed by atoms with E-state index in [1.807, 2.05) is 24.3 Å². The summed E-state index contributed by atoms with van der Waals surface area (Å²) in [5, 5.41) is 0. The molecule has 106 valence electrons. The Morgan fingerprint density at radius 3 is 2.40 bits per heavy atom. The number of amides is 2. The highest BCUT2D eigenvalue weighted by Crippen LogP contribution is 2.40. The SMILES string of the molecule is COCc1cccc(N2C(=O)[C@H]3CCCC[C@H]3C2=O)c1. The van der Waals surface area contributed by atoms with Crippen LogP contribution in [0.2, 0.25) is 0 Å². The molecule has 0 radical (unpaired) electrons. The van der Waals surface area contributed by atoms with E-state index in [2.05, 4.69) is 0 Å². The summed E-state index contributed by atoms with van der Waals surface area (Å²) >= 11 is 0. The predicted molar refractivity (Wildman–Crippen MR) is 75.1 cm³/mol. The number of carbonyl (C=O) groups is 2. The molecule has 0 N–H and O–H groups in total. The van der Waals surface area contributed by atoms with Crippen LogP contribution in [0, 0.1) is 11.8 Å². The van der Waals surface area contributed by atoms with Crippen molar-refractivity contribution in [2.45, 2.75) is 32.3 Å². The van der Waals surface area contributed by atoms with Gasteiger partial charge in [-0.15, -0.1) is 0 Å². The average molecular weight is 273 g/mol. The fourth-order valence-corrected chi connectivity index (χ4v) is 3.37. The van der Waals surface area contributed by atoms with Gasteiger partial charge in [0.1, 0.15) is 0 Å². The van der Waals surface area contributed by atoms with Gasteiger partial charge in [0.25, 0.3) is 0 Å². The number of anilines is 1. The lowest BCUT2D eigenvalue weighted by molar-refractivity contribution is -0.122. The minimum absolute atomic E-state index is 0.0192. The highest BCUT2D eigenvalue weighted by molar-refractivity contribution is 6.22. The molecule has 1 saturated heterocycles. The maximum absolute atomic E-state index is 12.5. The van der Waals surface area contributed by atoms with Crippen molar-refractivity contribution in [3.8, 4) is 0 Å². The minimum Gasteiger partial charge on any atom is -0.380 e. The van der Waals surface area contributed by atoms with E-state index < -0.39 is 0 Å². The Morgan fingerprint density at radius 1 is 1.15 bits per heavy atom. The zero-order chi connectivity index (χ0) is 14.1. The maximum atomic E-state index is 12.5. The van der Waals surface area contributed by atoms with Crippen molar-refractivity contribution < 1.29 is 14.3 Å². The van der Waals surface area contributed by atoms with Crippen molar-refractivity contribution in [1.82, 2.24) is 0 Å². The minimum atomic E-state index is -0.0951. The summed E-state index contributed by atoms with van der Waals surface area (Å²) in [6.45, 7) is 0.483. The molecule has 1 saturated carbocycles. The van der Waals surface area contributed by atoms with Gasteiger partial charge in [-0.1, -0.05) is 25.0 Å². The molecule has 0 bridgehead atoms. The topological polar surface area (TPSA) is 46.6 Å². The zero-order valence-electron chi connectivity index (χ0n) is 11.7. The van der Waals surface area contributed by atoms with Gasteiger partial charge in [0, 0.05) is 7.11 Å². The summed E-state index contributed by atoms with van der Waals surface area (Å²) in [6.07, 6.45) is 3.81. The molecule has 20 heavy (non-hydrogen) atoms. The summed E-state index contributed by atoms with van der Waals surface area (Å²) in [5.74, 6) is -0.229. The molecule has 0 unspecified atom stereocenters. The van der Waals surface area contributed by atoms with Crippen LogP contribution in [-0.4, -0.2) is 18.9 Å². The number of benzene rings is 1. The fourth-order valence-electron chi connectivity index (χ4n) is 3.37. The van der Waals surface area contributed by atoms with Crippen molar-refractivity contribution in [3.63, 3.8) is 0 Å². The average Bonchev–Trinajstić information content (AvgIpc) is 2.72. The lowest BCUT2D eigenvalue weighted by Crippen LogP contribution is -2.30. The highest BCUT2D eigenvalue weighted by Gasteiger charge is 2.48. The quantitative estimate of drug-likeness (QED) is 0.795. The third-order valence-corrected chi connectivity index (χ3v) is 4.32. The Kier molecular flexibility index (Phi) is 3.57. The molecule has 1 aliphatic heterocycles. The monoisotopic (exact) mass is 273 g/mol. The van der Waals surface area contributed by atoms with Gasteiger partial charge in [-0.2, -0.15) is 0 Å². The lowest BCUT2D eigenvalue weighted by Gasteiger charge is -2.19. The molecule has 2 atom stereocenters. The largest absolute Gasteiger partial charge is 0.380 e. The van der Waals surface area contributed by atoms with E-state index in [9.17, 15) is 9.59 Å². The zero-order valence-corrected chi connectivity index (χ0v) is 11.7. The van der Waals surface area contributed by atoms with Gasteiger partial charge in [-0.3, -0.25) is 14.5 Å². The molecule has 0 aromatic heterocycles. The highest BCUT2D eigenvalue weighted by atomic mass is 16.5. The fraction of sp³-hybridized carbons (Fsp3) is 0.500. The second kappa shape index (κ2) is 5.37. The van der Waals surface area contributed by atoms with Crippen LogP contribution >= 0.6 is 0 Å². The van der Waals surface area contributed by atoms with Crippen LogP contribution in [0.1, 0.15) is 31.2 Å². The predicted octanol–water partition coefficient (Wildman–Crippen LogP) is 2.51. The molecule has 1 aromatic carbocycles. The molecule has 1 aliphatic carbocycles. The standard InChI is InChI=1S/C16H19NO3/c1-20-10-11-5-4-6-12(9-11)17-15(18)13-7-2-3-8-14(13)16(17)19/h4-6,9,13-14H,2-3,7-8,10H2,1H3/t13-,14+. The van der Waals surface area contributed by atoms with E-state index in [1.165, 1.54) is 4.90 Å². The normalized spacial score (nSPS) is 25.9. The van der Waals surface area contributed by atoms with Crippen LogP contribution in [-0.2, 0) is 20.9 Å². The van der Waals surface area contributed by atoms with Gasteiger partial charge < -0.3 is 4.74 Å². The van der Waals surface area contributed by atoms with Crippen LogP contribution < -0.4 is 4.90 Å².